The second-order valence-electron chi connectivity index (χ2n) is 5.33. The number of benzene rings is 2. The molecule has 130 valence electrons. The number of hydrogen-bond donors (Lipinski definition) is 1. The number of thioether (sulfide) groups is 1. The van der Waals surface area contributed by atoms with Gasteiger partial charge in [0.2, 0.25) is 0 Å². The van der Waals surface area contributed by atoms with Gasteiger partial charge in [-0.1, -0.05) is 47.6 Å². The maximum Gasteiger partial charge on any atom is 0.270 e. The topological polar surface area (TPSA) is 78.8 Å². The zero-order valence-corrected chi connectivity index (χ0v) is 15.4. The van der Waals surface area contributed by atoms with Gasteiger partial charge in [-0.15, -0.1) is 0 Å². The molecule has 0 fully saturated rings. The molecule has 2 aromatic carbocycles. The van der Waals surface area contributed by atoms with E-state index >= 15 is 0 Å². The predicted octanol–water partition coefficient (Wildman–Crippen LogP) is 4.26. The van der Waals surface area contributed by atoms with Crippen LogP contribution in [0.2, 0.25) is 5.02 Å². The monoisotopic (exact) mass is 383 g/mol. The van der Waals surface area contributed by atoms with Gasteiger partial charge in [0.05, 0.1) is 0 Å². The number of nitriles is 1. The summed E-state index contributed by atoms with van der Waals surface area (Å²) in [5, 5.41) is 10.5. The Labute approximate surface area is 159 Å². The van der Waals surface area contributed by atoms with E-state index in [0.29, 0.717) is 33.8 Å². The maximum absolute atomic E-state index is 12.2. The molecule has 0 amide bonds. The second-order valence-corrected chi connectivity index (χ2v) is 6.56. The van der Waals surface area contributed by atoms with E-state index in [0.717, 1.165) is 5.56 Å². The number of aromatic nitrogens is 2. The number of halogens is 1. The Morgan fingerprint density at radius 3 is 2.81 bits per heavy atom. The lowest BCUT2D eigenvalue weighted by molar-refractivity contribution is 0.307. The summed E-state index contributed by atoms with van der Waals surface area (Å²) in [6.07, 6.45) is 1.80. The van der Waals surface area contributed by atoms with Crippen LogP contribution in [0.4, 0.5) is 0 Å². The first kappa shape index (κ1) is 18.1. The molecule has 1 heterocycles. The van der Waals surface area contributed by atoms with Gasteiger partial charge in [0.15, 0.2) is 5.16 Å². The molecule has 0 spiro atoms. The minimum absolute atomic E-state index is 0.0402. The Balaban J connectivity index is 2.01. The van der Waals surface area contributed by atoms with Crippen LogP contribution in [0.3, 0.4) is 0 Å². The van der Waals surface area contributed by atoms with Crippen molar-refractivity contribution in [2.45, 2.75) is 11.8 Å². The van der Waals surface area contributed by atoms with Crippen molar-refractivity contribution in [3.8, 4) is 23.1 Å². The Kier molecular flexibility index (Phi) is 5.61. The van der Waals surface area contributed by atoms with Gasteiger partial charge in [-0.05, 0) is 36.1 Å². The van der Waals surface area contributed by atoms with Crippen molar-refractivity contribution in [1.82, 2.24) is 9.97 Å². The fraction of sp³-hybridized carbons (Fsp3) is 0.105. The van der Waals surface area contributed by atoms with Crippen molar-refractivity contribution < 1.29 is 4.74 Å². The number of rotatable bonds is 5. The molecular weight excluding hydrogens is 370 g/mol. The molecule has 0 radical (unpaired) electrons. The van der Waals surface area contributed by atoms with Gasteiger partial charge in [-0.3, -0.25) is 4.79 Å². The third-order valence-electron chi connectivity index (χ3n) is 3.63. The number of H-pyrrole nitrogens is 1. The van der Waals surface area contributed by atoms with E-state index in [1.165, 1.54) is 11.8 Å². The minimum atomic E-state index is -0.466. The maximum atomic E-state index is 12.2. The van der Waals surface area contributed by atoms with Gasteiger partial charge in [-0.25, -0.2) is 4.98 Å². The molecule has 26 heavy (non-hydrogen) atoms. The van der Waals surface area contributed by atoms with Gasteiger partial charge in [-0.2, -0.15) is 5.26 Å². The SMILES string of the molecule is CSc1nc(-c2ccccc2OCc2cccc(Cl)c2)c(C#N)c(=O)[nH]1. The highest BCUT2D eigenvalue weighted by atomic mass is 35.5. The molecule has 7 heteroatoms. The number of aromatic amines is 1. The van der Waals surface area contributed by atoms with E-state index < -0.39 is 5.56 Å². The van der Waals surface area contributed by atoms with Crippen molar-refractivity contribution in [3.05, 3.63) is 75.0 Å². The third-order valence-corrected chi connectivity index (χ3v) is 4.44. The normalized spacial score (nSPS) is 10.3. The number of nitrogens with one attached hydrogen (secondary N) is 1. The standard InChI is InChI=1S/C19H14ClN3O2S/c1-26-19-22-17(15(10-21)18(24)23-19)14-7-2-3-8-16(14)25-11-12-5-4-6-13(20)9-12/h2-9H,11H2,1H3,(H,22,23,24). The summed E-state index contributed by atoms with van der Waals surface area (Å²) in [5.41, 5.74) is 1.30. The van der Waals surface area contributed by atoms with E-state index in [1.54, 1.807) is 24.5 Å². The van der Waals surface area contributed by atoms with E-state index in [-0.39, 0.29) is 5.56 Å². The van der Waals surface area contributed by atoms with Crippen molar-refractivity contribution in [2.75, 3.05) is 6.26 Å². The van der Waals surface area contributed by atoms with Crippen molar-refractivity contribution in [1.29, 1.82) is 5.26 Å². The molecule has 0 saturated heterocycles. The van der Waals surface area contributed by atoms with Crippen LogP contribution in [0.5, 0.6) is 5.75 Å². The van der Waals surface area contributed by atoms with E-state index in [2.05, 4.69) is 9.97 Å². The van der Waals surface area contributed by atoms with Crippen LogP contribution in [0.25, 0.3) is 11.3 Å². The number of hydrogen-bond acceptors (Lipinski definition) is 5. The molecule has 0 saturated carbocycles. The molecule has 0 unspecified atom stereocenters. The molecule has 0 bridgehead atoms. The zero-order chi connectivity index (χ0) is 18.5. The zero-order valence-electron chi connectivity index (χ0n) is 13.8. The summed E-state index contributed by atoms with van der Waals surface area (Å²) >= 11 is 7.30. The highest BCUT2D eigenvalue weighted by molar-refractivity contribution is 7.98. The molecule has 1 aromatic heterocycles. The summed E-state index contributed by atoms with van der Waals surface area (Å²) in [4.78, 5) is 19.2. The minimum Gasteiger partial charge on any atom is -0.488 e. The average molecular weight is 384 g/mol. The van der Waals surface area contributed by atoms with Crippen molar-refractivity contribution >= 4 is 23.4 Å². The fourth-order valence-corrected chi connectivity index (χ4v) is 3.01. The number of nitrogens with zero attached hydrogens (tertiary/aromatic N) is 2. The number of para-hydroxylation sites is 1. The summed E-state index contributed by atoms with van der Waals surface area (Å²) in [7, 11) is 0. The molecule has 1 N–H and O–H groups in total. The lowest BCUT2D eigenvalue weighted by atomic mass is 10.1. The predicted molar refractivity (Wildman–Crippen MR) is 103 cm³/mol. The Bertz CT molecular complexity index is 1040. The molecule has 0 aliphatic rings. The van der Waals surface area contributed by atoms with Gasteiger partial charge in [0.25, 0.3) is 5.56 Å². The highest BCUT2D eigenvalue weighted by Crippen LogP contribution is 2.31. The van der Waals surface area contributed by atoms with Gasteiger partial charge in [0.1, 0.15) is 29.7 Å². The van der Waals surface area contributed by atoms with Crippen LogP contribution in [0, 0.1) is 11.3 Å². The van der Waals surface area contributed by atoms with Crippen LogP contribution >= 0.6 is 23.4 Å². The van der Waals surface area contributed by atoms with Gasteiger partial charge < -0.3 is 9.72 Å². The van der Waals surface area contributed by atoms with Gasteiger partial charge >= 0.3 is 0 Å². The number of ether oxygens (including phenoxy) is 1. The molecule has 0 atom stereocenters. The smallest absolute Gasteiger partial charge is 0.270 e. The van der Waals surface area contributed by atoms with E-state index in [1.807, 2.05) is 36.4 Å². The Morgan fingerprint density at radius 2 is 2.08 bits per heavy atom. The van der Waals surface area contributed by atoms with Crippen LogP contribution in [-0.4, -0.2) is 16.2 Å². The van der Waals surface area contributed by atoms with Crippen LogP contribution in [0.1, 0.15) is 11.1 Å². The summed E-state index contributed by atoms with van der Waals surface area (Å²) < 4.78 is 5.92. The summed E-state index contributed by atoms with van der Waals surface area (Å²) in [6.45, 7) is 0.304. The van der Waals surface area contributed by atoms with Crippen molar-refractivity contribution in [2.24, 2.45) is 0 Å². The van der Waals surface area contributed by atoms with Crippen LogP contribution in [0.15, 0.2) is 58.5 Å². The first-order chi connectivity index (χ1) is 12.6. The van der Waals surface area contributed by atoms with E-state index in [9.17, 15) is 10.1 Å². The molecule has 0 aliphatic heterocycles. The summed E-state index contributed by atoms with van der Waals surface area (Å²) in [6, 6.07) is 16.5. The van der Waals surface area contributed by atoms with E-state index in [4.69, 9.17) is 16.3 Å². The molecule has 5 nitrogen and oxygen atoms in total. The molecule has 3 aromatic rings. The fourth-order valence-electron chi connectivity index (χ4n) is 2.42. The van der Waals surface area contributed by atoms with Gasteiger partial charge in [0, 0.05) is 10.6 Å². The molecule has 3 rings (SSSR count). The first-order valence-corrected chi connectivity index (χ1v) is 9.27. The third kappa shape index (κ3) is 3.90. The van der Waals surface area contributed by atoms with Crippen molar-refractivity contribution in [3.63, 3.8) is 0 Å². The van der Waals surface area contributed by atoms with Crippen LogP contribution in [-0.2, 0) is 6.61 Å². The second kappa shape index (κ2) is 8.09. The Hall–Kier alpha value is -2.75. The largest absolute Gasteiger partial charge is 0.488 e. The lowest BCUT2D eigenvalue weighted by Crippen LogP contribution is -2.15. The molecule has 0 aliphatic carbocycles. The summed E-state index contributed by atoms with van der Waals surface area (Å²) in [5.74, 6) is 0.536. The lowest BCUT2D eigenvalue weighted by Gasteiger charge is -2.12. The first-order valence-electron chi connectivity index (χ1n) is 7.67. The quantitative estimate of drug-likeness (QED) is 0.526. The molecular formula is C19H14ClN3O2S. The Morgan fingerprint density at radius 1 is 1.27 bits per heavy atom. The van der Waals surface area contributed by atoms with Crippen LogP contribution < -0.4 is 10.3 Å². The highest BCUT2D eigenvalue weighted by Gasteiger charge is 2.16. The average Bonchev–Trinajstić information content (AvgIpc) is 2.66.